The van der Waals surface area contributed by atoms with E-state index in [0.717, 1.165) is 54.9 Å². The van der Waals surface area contributed by atoms with Gasteiger partial charge in [-0.2, -0.15) is 0 Å². The van der Waals surface area contributed by atoms with E-state index in [2.05, 4.69) is 67.6 Å². The second-order valence-corrected chi connectivity index (χ2v) is 21.6. The third-order valence-electron chi connectivity index (χ3n) is 16.1. The summed E-state index contributed by atoms with van der Waals surface area (Å²) in [6.45, 7) is 12.4. The summed E-state index contributed by atoms with van der Waals surface area (Å²) in [7, 11) is 1.50. The average molecular weight is 1030 g/mol. The van der Waals surface area contributed by atoms with Crippen LogP contribution in [0.5, 0.6) is 5.88 Å². The molecule has 2 unspecified atom stereocenters. The summed E-state index contributed by atoms with van der Waals surface area (Å²) in [5, 5.41) is 16.5. The minimum Gasteiger partial charge on any atom is -0.478 e. The fourth-order valence-electron chi connectivity index (χ4n) is 12.5. The Bertz CT molecular complexity index is 3280. The topological polar surface area (TPSA) is 242 Å². The van der Waals surface area contributed by atoms with Crippen LogP contribution in [0.3, 0.4) is 0 Å². The maximum atomic E-state index is 14.1. The van der Waals surface area contributed by atoms with Gasteiger partial charge in [-0.3, -0.25) is 48.8 Å². The molecule has 4 atom stereocenters. The Morgan fingerprint density at radius 3 is 2.47 bits per heavy atom. The van der Waals surface area contributed by atoms with Crippen molar-refractivity contribution in [3.63, 3.8) is 0 Å². The second-order valence-electron chi connectivity index (χ2n) is 21.6. The lowest BCUT2D eigenvalue weighted by Gasteiger charge is -2.48. The molecule has 5 N–H and O–H groups in total. The quantitative estimate of drug-likeness (QED) is 0.0966. The molecule has 6 amide bonds. The van der Waals surface area contributed by atoms with Gasteiger partial charge in [0.05, 0.1) is 42.4 Å². The molecule has 2 aromatic carbocycles. The number of piperidine rings is 2. The molecule has 0 bridgehead atoms. The number of aliphatic hydroxyl groups excluding tert-OH is 1. The number of hydrogen-bond donors (Lipinski definition) is 4. The van der Waals surface area contributed by atoms with Crippen LogP contribution >= 0.6 is 0 Å². The standard InChI is InChI=1S/C56H62N12O8/c1-31-23-36(16-18-64(31)42-8-6-7-38-48(42)55(75)68(53(38)73)43-12-14-47(71)62-51(43)72)63-19-20-65(32(2)29-63)41-11-10-35(24-33(41)9-13-46(57)70)60-49-52(76-5)59-28-40(61-49)37-15-17-58-50(39(37)30-69)67-22-21-66-44(54(67)74)25-34-26-56(3,4)27-45(34)66/h6-11,13,15,17,24-25,28,31-32,36,43,69H,12,14,16,18-23,26-27,29-30H2,1-5H3,(H2,57,70)(H,60,61)(H,62,71,72)/t31-,32-,36?,43?/m0/s1. The van der Waals surface area contributed by atoms with Gasteiger partial charge in [0.1, 0.15) is 17.6 Å². The fourth-order valence-corrected chi connectivity index (χ4v) is 12.5. The number of methoxy groups -OCH3 is 1. The summed E-state index contributed by atoms with van der Waals surface area (Å²) < 4.78 is 7.82. The van der Waals surface area contributed by atoms with E-state index < -0.39 is 42.2 Å². The number of anilines is 5. The zero-order valence-electron chi connectivity index (χ0n) is 43.3. The van der Waals surface area contributed by atoms with Crippen molar-refractivity contribution in [1.82, 2.24) is 34.6 Å². The van der Waals surface area contributed by atoms with Crippen molar-refractivity contribution in [2.45, 2.75) is 104 Å². The van der Waals surface area contributed by atoms with Crippen molar-refractivity contribution in [1.29, 1.82) is 0 Å². The number of rotatable bonds is 12. The number of imide groups is 2. The van der Waals surface area contributed by atoms with Crippen molar-refractivity contribution >= 4 is 70.2 Å². The third kappa shape index (κ3) is 8.91. The van der Waals surface area contributed by atoms with Crippen LogP contribution in [0.25, 0.3) is 17.3 Å². The van der Waals surface area contributed by atoms with Crippen molar-refractivity contribution < 1.29 is 38.6 Å². The number of piperazine rings is 1. The van der Waals surface area contributed by atoms with Crippen LogP contribution in [-0.2, 0) is 40.4 Å². The SMILES string of the molecule is COc1ncc(-c2ccnc(N3CCn4c(cc5c4CC(C)(C)C5)C3=O)c2CO)nc1Nc1ccc(N2CCN(C3CCN(c4cccc5c4C(=O)N(C4CCC(=O)NC4=O)C5=O)[C@@H](C)C3)C[C@@H]2C)c(C=CC(N)=O)c1. The number of fused-ring (bicyclic) bond motifs is 4. The highest BCUT2D eigenvalue weighted by Crippen LogP contribution is 2.42. The number of primary amides is 1. The molecular weight excluding hydrogens is 969 g/mol. The number of aliphatic hydroxyl groups is 1. The Balaban J connectivity index is 0.784. The Morgan fingerprint density at radius 1 is 0.908 bits per heavy atom. The first-order valence-electron chi connectivity index (χ1n) is 26.1. The minimum atomic E-state index is -1.03. The van der Waals surface area contributed by atoms with Gasteiger partial charge in [-0.25, -0.2) is 15.0 Å². The number of carbonyl (C=O) groups excluding carboxylic acids is 6. The Hall–Kier alpha value is -7.97. The van der Waals surface area contributed by atoms with Crippen LogP contribution < -0.4 is 35.8 Å². The maximum Gasteiger partial charge on any atom is 0.276 e. The van der Waals surface area contributed by atoms with E-state index in [-0.39, 0.29) is 53.7 Å². The predicted molar refractivity (Wildman–Crippen MR) is 284 cm³/mol. The van der Waals surface area contributed by atoms with Gasteiger partial charge in [0, 0.05) is 110 Å². The normalized spacial score (nSPS) is 22.5. The van der Waals surface area contributed by atoms with Gasteiger partial charge in [-0.05, 0) is 105 Å². The van der Waals surface area contributed by atoms with E-state index in [1.165, 1.54) is 24.4 Å². The number of pyridine rings is 1. The molecule has 6 aliphatic rings. The van der Waals surface area contributed by atoms with Crippen molar-refractivity contribution in [2.75, 3.05) is 59.9 Å². The molecule has 11 rings (SSSR count). The highest BCUT2D eigenvalue weighted by molar-refractivity contribution is 6.25. The van der Waals surface area contributed by atoms with Crippen LogP contribution in [-0.4, -0.2) is 134 Å². The Kier molecular flexibility index (Phi) is 13.0. The second kappa shape index (κ2) is 19.6. The van der Waals surface area contributed by atoms with Gasteiger partial charge in [0.25, 0.3) is 23.6 Å². The number of nitrogens with zero attached hydrogens (tertiary/aromatic N) is 9. The highest BCUT2D eigenvalue weighted by atomic mass is 16.5. The van der Waals surface area contributed by atoms with Gasteiger partial charge in [0.2, 0.25) is 17.7 Å². The largest absolute Gasteiger partial charge is 0.478 e. The number of nitrogens with two attached hydrogens (primary N) is 1. The van der Waals surface area contributed by atoms with Crippen LogP contribution in [0.1, 0.15) is 107 Å². The van der Waals surface area contributed by atoms with Crippen LogP contribution in [0.2, 0.25) is 0 Å². The molecule has 0 spiro atoms. The van der Waals surface area contributed by atoms with E-state index >= 15 is 0 Å². The molecule has 394 valence electrons. The number of benzene rings is 2. The zero-order valence-corrected chi connectivity index (χ0v) is 43.3. The predicted octanol–water partition coefficient (Wildman–Crippen LogP) is 4.84. The van der Waals surface area contributed by atoms with Gasteiger partial charge >= 0.3 is 0 Å². The lowest BCUT2D eigenvalue weighted by molar-refractivity contribution is -0.136. The molecule has 76 heavy (non-hydrogen) atoms. The zero-order chi connectivity index (χ0) is 53.3. The summed E-state index contributed by atoms with van der Waals surface area (Å²) in [4.78, 5) is 102. The Morgan fingerprint density at radius 2 is 1.72 bits per heavy atom. The van der Waals surface area contributed by atoms with E-state index in [0.29, 0.717) is 77.3 Å². The molecule has 5 aliphatic heterocycles. The minimum absolute atomic E-state index is 0.0351. The van der Waals surface area contributed by atoms with E-state index in [4.69, 9.17) is 15.5 Å². The molecule has 3 fully saturated rings. The van der Waals surface area contributed by atoms with Crippen LogP contribution in [0.15, 0.2) is 67.0 Å². The molecule has 3 aromatic heterocycles. The average Bonchev–Trinajstić information content (AvgIpc) is 3.99. The van der Waals surface area contributed by atoms with Gasteiger partial charge < -0.3 is 35.3 Å². The van der Waals surface area contributed by atoms with Gasteiger partial charge in [0.15, 0.2) is 5.82 Å². The number of amides is 6. The van der Waals surface area contributed by atoms with E-state index in [9.17, 15) is 33.9 Å². The summed E-state index contributed by atoms with van der Waals surface area (Å²) in [6.07, 6.45) is 9.87. The first-order chi connectivity index (χ1) is 36.5. The number of ether oxygens (including phenoxy) is 1. The van der Waals surface area contributed by atoms with Crippen LogP contribution in [0.4, 0.5) is 28.7 Å². The molecule has 0 saturated carbocycles. The van der Waals surface area contributed by atoms with Gasteiger partial charge in [-0.1, -0.05) is 19.9 Å². The molecule has 8 heterocycles. The van der Waals surface area contributed by atoms with Crippen molar-refractivity contribution in [3.8, 4) is 17.1 Å². The van der Waals surface area contributed by atoms with Crippen molar-refractivity contribution in [2.24, 2.45) is 11.1 Å². The van der Waals surface area contributed by atoms with E-state index in [1.807, 2.05) is 30.3 Å². The molecular formula is C56H62N12O8. The Labute approximate surface area is 439 Å². The molecule has 20 nitrogen and oxygen atoms in total. The molecule has 0 radical (unpaired) electrons. The summed E-state index contributed by atoms with van der Waals surface area (Å²) in [5.41, 5.74) is 13.9. The fraction of sp³-hybridized carbons (Fsp3) is 0.411. The smallest absolute Gasteiger partial charge is 0.276 e. The van der Waals surface area contributed by atoms with Gasteiger partial charge in [-0.15, -0.1) is 0 Å². The third-order valence-corrected chi connectivity index (χ3v) is 16.1. The summed E-state index contributed by atoms with van der Waals surface area (Å²) >= 11 is 0. The molecule has 3 saturated heterocycles. The summed E-state index contributed by atoms with van der Waals surface area (Å²) in [6, 6.07) is 14.2. The van der Waals surface area contributed by atoms with Crippen LogP contribution in [0, 0.1) is 5.41 Å². The lowest BCUT2D eigenvalue weighted by atomic mass is 9.90. The van der Waals surface area contributed by atoms with E-state index in [1.54, 1.807) is 41.6 Å². The highest BCUT2D eigenvalue weighted by Gasteiger charge is 2.47. The number of carbonyl (C=O) groups is 6. The molecule has 1 aliphatic carbocycles. The number of hydrogen-bond acceptors (Lipinski definition) is 15. The first kappa shape index (κ1) is 50.2. The summed E-state index contributed by atoms with van der Waals surface area (Å²) in [5.74, 6) is -1.93. The lowest BCUT2D eigenvalue weighted by Crippen LogP contribution is -2.58. The number of nitrogens with one attached hydrogen (secondary N) is 2. The molecule has 20 heteroatoms. The first-order valence-corrected chi connectivity index (χ1v) is 26.1. The van der Waals surface area contributed by atoms with Crippen molar-refractivity contribution in [3.05, 3.63) is 106 Å². The number of aromatic nitrogens is 4. The monoisotopic (exact) mass is 1030 g/mol. The molecule has 5 aromatic rings. The maximum absolute atomic E-state index is 14.1.